The molecule has 2 aliphatic rings. The lowest BCUT2D eigenvalue weighted by Gasteiger charge is -2.09. The van der Waals surface area contributed by atoms with E-state index in [4.69, 9.17) is 4.74 Å². The highest BCUT2D eigenvalue weighted by Gasteiger charge is 2.34. The van der Waals surface area contributed by atoms with Gasteiger partial charge in [0.1, 0.15) is 0 Å². The van der Waals surface area contributed by atoms with E-state index in [1.807, 2.05) is 0 Å². The van der Waals surface area contributed by atoms with Crippen LogP contribution in [-0.4, -0.2) is 25.3 Å². The Bertz CT molecular complexity index is 166. The van der Waals surface area contributed by atoms with Crippen molar-refractivity contribution in [1.82, 2.24) is 5.32 Å². The number of hydrogen-bond donors (Lipinski definition) is 1. The zero-order chi connectivity index (χ0) is 9.80. The van der Waals surface area contributed by atoms with Crippen molar-refractivity contribution in [2.24, 2.45) is 5.92 Å². The van der Waals surface area contributed by atoms with Gasteiger partial charge in [0.05, 0.1) is 6.10 Å². The molecule has 0 amide bonds. The maximum atomic E-state index is 5.59. The second kappa shape index (κ2) is 5.13. The molecule has 0 bridgehead atoms. The minimum absolute atomic E-state index is 0.581. The van der Waals surface area contributed by atoms with Crippen LogP contribution in [-0.2, 0) is 4.74 Å². The Morgan fingerprint density at radius 1 is 1.43 bits per heavy atom. The van der Waals surface area contributed by atoms with E-state index in [9.17, 15) is 0 Å². The molecule has 0 aromatic heterocycles. The number of ether oxygens (including phenoxy) is 1. The summed E-state index contributed by atoms with van der Waals surface area (Å²) < 4.78 is 5.59. The molecule has 1 aliphatic carbocycles. The first-order valence-electron chi connectivity index (χ1n) is 6.25. The standard InChI is InChI=1S/C12H23NO/c1-2-10-9-12(10)13-7-3-5-11-6-4-8-14-11/h10-13H,2-9H2,1H3. The number of hydrogen-bond acceptors (Lipinski definition) is 2. The van der Waals surface area contributed by atoms with Crippen LogP contribution < -0.4 is 5.32 Å². The van der Waals surface area contributed by atoms with Crippen molar-refractivity contribution in [1.29, 1.82) is 0 Å². The van der Waals surface area contributed by atoms with Crippen LogP contribution in [0.5, 0.6) is 0 Å². The monoisotopic (exact) mass is 197 g/mol. The van der Waals surface area contributed by atoms with Gasteiger partial charge in [-0.25, -0.2) is 0 Å². The van der Waals surface area contributed by atoms with Crippen LogP contribution in [0.25, 0.3) is 0 Å². The van der Waals surface area contributed by atoms with Gasteiger partial charge in [-0.2, -0.15) is 0 Å². The maximum absolute atomic E-state index is 5.59. The summed E-state index contributed by atoms with van der Waals surface area (Å²) >= 11 is 0. The molecule has 1 N–H and O–H groups in total. The highest BCUT2D eigenvalue weighted by molar-refractivity contribution is 4.91. The summed E-state index contributed by atoms with van der Waals surface area (Å²) in [5.41, 5.74) is 0. The zero-order valence-corrected chi connectivity index (χ0v) is 9.30. The Balaban J connectivity index is 1.44. The second-order valence-corrected chi connectivity index (χ2v) is 4.74. The molecule has 3 atom stereocenters. The van der Waals surface area contributed by atoms with Crippen LogP contribution in [0.1, 0.15) is 45.4 Å². The van der Waals surface area contributed by atoms with Gasteiger partial charge < -0.3 is 10.1 Å². The van der Waals surface area contributed by atoms with Crippen LogP contribution in [0.3, 0.4) is 0 Å². The van der Waals surface area contributed by atoms with Crippen LogP contribution >= 0.6 is 0 Å². The fourth-order valence-corrected chi connectivity index (χ4v) is 2.44. The molecule has 2 rings (SSSR count). The molecule has 1 saturated carbocycles. The first kappa shape index (κ1) is 10.4. The molecule has 1 heterocycles. The summed E-state index contributed by atoms with van der Waals surface area (Å²) in [5.74, 6) is 0.984. The van der Waals surface area contributed by atoms with E-state index >= 15 is 0 Å². The van der Waals surface area contributed by atoms with Gasteiger partial charge in [0, 0.05) is 12.6 Å². The molecule has 0 radical (unpaired) electrons. The van der Waals surface area contributed by atoms with Crippen LogP contribution in [0.4, 0.5) is 0 Å². The number of nitrogens with one attached hydrogen (secondary N) is 1. The summed E-state index contributed by atoms with van der Waals surface area (Å²) in [7, 11) is 0. The van der Waals surface area contributed by atoms with Crippen molar-refractivity contribution in [3.05, 3.63) is 0 Å². The highest BCUT2D eigenvalue weighted by atomic mass is 16.5. The lowest BCUT2D eigenvalue weighted by molar-refractivity contribution is 0.102. The third-order valence-corrected chi connectivity index (χ3v) is 3.58. The largest absolute Gasteiger partial charge is 0.378 e. The fourth-order valence-electron chi connectivity index (χ4n) is 2.44. The molecule has 1 aliphatic heterocycles. The molecule has 2 heteroatoms. The Morgan fingerprint density at radius 2 is 2.36 bits per heavy atom. The third kappa shape index (κ3) is 2.96. The first-order valence-corrected chi connectivity index (χ1v) is 6.25. The summed E-state index contributed by atoms with van der Waals surface area (Å²) in [6.07, 6.45) is 8.46. The average Bonchev–Trinajstić information content (AvgIpc) is 2.77. The molecule has 1 saturated heterocycles. The minimum atomic E-state index is 0.581. The molecule has 0 aromatic rings. The zero-order valence-electron chi connectivity index (χ0n) is 9.30. The summed E-state index contributed by atoms with van der Waals surface area (Å²) in [5, 5.41) is 3.63. The van der Waals surface area contributed by atoms with Gasteiger partial charge in [-0.3, -0.25) is 0 Å². The predicted octanol–water partition coefficient (Wildman–Crippen LogP) is 2.33. The summed E-state index contributed by atoms with van der Waals surface area (Å²) in [6.45, 7) is 4.48. The second-order valence-electron chi connectivity index (χ2n) is 4.74. The molecule has 14 heavy (non-hydrogen) atoms. The Morgan fingerprint density at radius 3 is 3.00 bits per heavy atom. The van der Waals surface area contributed by atoms with Gasteiger partial charge in [0.2, 0.25) is 0 Å². The van der Waals surface area contributed by atoms with Crippen molar-refractivity contribution in [2.45, 2.75) is 57.6 Å². The van der Waals surface area contributed by atoms with E-state index in [-0.39, 0.29) is 0 Å². The first-order chi connectivity index (χ1) is 6.90. The van der Waals surface area contributed by atoms with E-state index < -0.39 is 0 Å². The van der Waals surface area contributed by atoms with Gasteiger partial charge in [0.15, 0.2) is 0 Å². The maximum Gasteiger partial charge on any atom is 0.0576 e. The van der Waals surface area contributed by atoms with Crippen molar-refractivity contribution in [3.8, 4) is 0 Å². The molecule has 82 valence electrons. The SMILES string of the molecule is CCC1CC1NCCCC1CCCO1. The predicted molar refractivity (Wildman–Crippen MR) is 58.4 cm³/mol. The Kier molecular flexibility index (Phi) is 3.82. The quantitative estimate of drug-likeness (QED) is 0.660. The van der Waals surface area contributed by atoms with Gasteiger partial charge in [-0.1, -0.05) is 13.3 Å². The Hall–Kier alpha value is -0.0800. The van der Waals surface area contributed by atoms with E-state index in [0.717, 1.165) is 18.6 Å². The van der Waals surface area contributed by atoms with Gasteiger partial charge in [0.25, 0.3) is 0 Å². The van der Waals surface area contributed by atoms with Crippen molar-refractivity contribution in [3.63, 3.8) is 0 Å². The van der Waals surface area contributed by atoms with E-state index in [1.54, 1.807) is 0 Å². The molecule has 2 fully saturated rings. The minimum Gasteiger partial charge on any atom is -0.378 e. The van der Waals surface area contributed by atoms with E-state index in [0.29, 0.717) is 6.10 Å². The molecule has 2 nitrogen and oxygen atoms in total. The third-order valence-electron chi connectivity index (χ3n) is 3.58. The van der Waals surface area contributed by atoms with Gasteiger partial charge >= 0.3 is 0 Å². The van der Waals surface area contributed by atoms with Gasteiger partial charge in [-0.15, -0.1) is 0 Å². The fraction of sp³-hybridized carbons (Fsp3) is 1.00. The molecule has 0 aromatic carbocycles. The number of rotatable bonds is 6. The lowest BCUT2D eigenvalue weighted by Crippen LogP contribution is -2.20. The van der Waals surface area contributed by atoms with E-state index in [1.165, 1.54) is 45.1 Å². The normalized spacial score (nSPS) is 36.2. The molecule has 0 spiro atoms. The topological polar surface area (TPSA) is 21.3 Å². The van der Waals surface area contributed by atoms with Crippen molar-refractivity contribution < 1.29 is 4.74 Å². The van der Waals surface area contributed by atoms with E-state index in [2.05, 4.69) is 12.2 Å². The molecule has 3 unspecified atom stereocenters. The van der Waals surface area contributed by atoms with Crippen molar-refractivity contribution >= 4 is 0 Å². The molecular formula is C12H23NO. The van der Waals surface area contributed by atoms with Crippen molar-refractivity contribution in [2.75, 3.05) is 13.2 Å². The average molecular weight is 197 g/mol. The Labute approximate surface area is 87.4 Å². The van der Waals surface area contributed by atoms with Gasteiger partial charge in [-0.05, 0) is 44.6 Å². The van der Waals surface area contributed by atoms with Crippen LogP contribution in [0.15, 0.2) is 0 Å². The van der Waals surface area contributed by atoms with Crippen LogP contribution in [0, 0.1) is 5.92 Å². The summed E-state index contributed by atoms with van der Waals surface area (Å²) in [6, 6.07) is 0.851. The van der Waals surface area contributed by atoms with Crippen LogP contribution in [0.2, 0.25) is 0 Å². The summed E-state index contributed by atoms with van der Waals surface area (Å²) in [4.78, 5) is 0. The molecular weight excluding hydrogens is 174 g/mol. The lowest BCUT2D eigenvalue weighted by atomic mass is 10.1. The highest BCUT2D eigenvalue weighted by Crippen LogP contribution is 2.32. The smallest absolute Gasteiger partial charge is 0.0576 e.